The zero-order valence-corrected chi connectivity index (χ0v) is 17.2. The van der Waals surface area contributed by atoms with E-state index < -0.39 is 21.6 Å². The molecule has 1 aromatic heterocycles. The molecular weight excluding hydrogens is 399 g/mol. The van der Waals surface area contributed by atoms with Gasteiger partial charge in [-0.25, -0.2) is 27.6 Å². The molecule has 0 radical (unpaired) electrons. The number of hydrogen-bond acceptors (Lipinski definition) is 7. The molecule has 3 rings (SSSR count). The summed E-state index contributed by atoms with van der Waals surface area (Å²) in [7, 11) is -3.67. The van der Waals surface area contributed by atoms with Crippen molar-refractivity contribution in [1.82, 2.24) is 9.97 Å². The summed E-state index contributed by atoms with van der Waals surface area (Å²) < 4.78 is 37.6. The Bertz CT molecular complexity index is 1010. The third-order valence-corrected chi connectivity index (χ3v) is 6.12. The number of piperazine rings is 1. The molecule has 1 aliphatic rings. The molecule has 0 bridgehead atoms. The Morgan fingerprint density at radius 2 is 1.90 bits per heavy atom. The summed E-state index contributed by atoms with van der Waals surface area (Å²) in [5.74, 6) is -1.18. The fourth-order valence-electron chi connectivity index (χ4n) is 3.42. The van der Waals surface area contributed by atoms with Crippen LogP contribution in [0.15, 0.2) is 35.5 Å². The van der Waals surface area contributed by atoms with Crippen LogP contribution in [0.4, 0.5) is 16.0 Å². The molecule has 0 aliphatic carbocycles. The van der Waals surface area contributed by atoms with Crippen LogP contribution >= 0.6 is 0 Å². The van der Waals surface area contributed by atoms with Gasteiger partial charge in [0.2, 0.25) is 5.95 Å². The number of sulfone groups is 1. The van der Waals surface area contributed by atoms with Crippen molar-refractivity contribution < 1.29 is 22.7 Å². The van der Waals surface area contributed by atoms with Gasteiger partial charge in [0, 0.05) is 44.0 Å². The van der Waals surface area contributed by atoms with Crippen LogP contribution in [-0.4, -0.2) is 61.4 Å². The highest BCUT2D eigenvalue weighted by atomic mass is 32.2. The van der Waals surface area contributed by atoms with Gasteiger partial charge in [0.05, 0.1) is 11.6 Å². The molecule has 1 aliphatic heterocycles. The minimum atomic E-state index is -3.67. The van der Waals surface area contributed by atoms with Crippen molar-refractivity contribution in [3.63, 3.8) is 0 Å². The predicted molar refractivity (Wildman–Crippen MR) is 107 cm³/mol. The van der Waals surface area contributed by atoms with Gasteiger partial charge in [-0.1, -0.05) is 13.8 Å². The fraction of sp³-hybridized carbons (Fsp3) is 0.421. The summed E-state index contributed by atoms with van der Waals surface area (Å²) in [4.78, 5) is 23.1. The highest BCUT2D eigenvalue weighted by Crippen LogP contribution is 2.28. The van der Waals surface area contributed by atoms with Crippen LogP contribution in [0.5, 0.6) is 0 Å². The molecule has 1 aromatic carbocycles. The third kappa shape index (κ3) is 4.47. The summed E-state index contributed by atoms with van der Waals surface area (Å²) >= 11 is 0. The molecule has 156 valence electrons. The molecule has 10 heteroatoms. The second-order valence-electron chi connectivity index (χ2n) is 7.41. The van der Waals surface area contributed by atoms with Crippen LogP contribution < -0.4 is 9.80 Å². The zero-order valence-electron chi connectivity index (χ0n) is 16.4. The average molecular weight is 422 g/mol. The van der Waals surface area contributed by atoms with Crippen molar-refractivity contribution >= 4 is 27.4 Å². The van der Waals surface area contributed by atoms with E-state index in [1.807, 2.05) is 9.80 Å². The smallest absolute Gasteiger partial charge is 0.338 e. The van der Waals surface area contributed by atoms with E-state index in [0.29, 0.717) is 31.3 Å². The SMILES string of the molecule is CC(C)C1CN(c2ccc(F)c(S(C)(=O)=O)c2)CCN1c1ncc(C(=O)O)cn1. The maximum absolute atomic E-state index is 13.9. The quantitative estimate of drug-likeness (QED) is 0.781. The van der Waals surface area contributed by atoms with E-state index in [4.69, 9.17) is 5.11 Å². The first kappa shape index (κ1) is 21.0. The molecule has 8 nitrogen and oxygen atoms in total. The van der Waals surface area contributed by atoms with Crippen LogP contribution in [0.25, 0.3) is 0 Å². The van der Waals surface area contributed by atoms with Gasteiger partial charge in [-0.3, -0.25) is 0 Å². The second kappa shape index (κ2) is 7.94. The van der Waals surface area contributed by atoms with Gasteiger partial charge in [0.25, 0.3) is 0 Å². The van der Waals surface area contributed by atoms with E-state index in [0.717, 1.165) is 6.26 Å². The number of benzene rings is 1. The van der Waals surface area contributed by atoms with E-state index in [9.17, 15) is 17.6 Å². The number of halogens is 1. The van der Waals surface area contributed by atoms with Gasteiger partial charge in [0.1, 0.15) is 10.7 Å². The highest BCUT2D eigenvalue weighted by molar-refractivity contribution is 7.90. The van der Waals surface area contributed by atoms with Crippen LogP contribution in [0.1, 0.15) is 24.2 Å². The monoisotopic (exact) mass is 422 g/mol. The molecule has 2 heterocycles. The number of carboxylic acids is 1. The van der Waals surface area contributed by atoms with Crippen molar-refractivity contribution in [3.05, 3.63) is 42.0 Å². The van der Waals surface area contributed by atoms with E-state index in [-0.39, 0.29) is 22.4 Å². The number of anilines is 2. The maximum atomic E-state index is 13.9. The second-order valence-corrected chi connectivity index (χ2v) is 9.40. The molecule has 0 amide bonds. The Balaban J connectivity index is 1.87. The summed E-state index contributed by atoms with van der Waals surface area (Å²) in [5.41, 5.74) is 0.660. The molecule has 1 N–H and O–H groups in total. The van der Waals surface area contributed by atoms with Crippen molar-refractivity contribution in [2.24, 2.45) is 5.92 Å². The van der Waals surface area contributed by atoms with Gasteiger partial charge >= 0.3 is 5.97 Å². The molecule has 0 spiro atoms. The number of carboxylic acid groups (broad SMARTS) is 1. The first-order chi connectivity index (χ1) is 13.6. The first-order valence-electron chi connectivity index (χ1n) is 9.14. The maximum Gasteiger partial charge on any atom is 0.338 e. The molecule has 2 aromatic rings. The van der Waals surface area contributed by atoms with E-state index in [1.54, 1.807) is 6.07 Å². The summed E-state index contributed by atoms with van der Waals surface area (Å²) in [5, 5.41) is 9.02. The molecule has 1 atom stereocenters. The molecule has 0 saturated carbocycles. The Hall–Kier alpha value is -2.75. The van der Waals surface area contributed by atoms with Gasteiger partial charge in [-0.15, -0.1) is 0 Å². The Morgan fingerprint density at radius 3 is 2.45 bits per heavy atom. The van der Waals surface area contributed by atoms with Gasteiger partial charge in [0.15, 0.2) is 9.84 Å². The van der Waals surface area contributed by atoms with Crippen LogP contribution in [0.3, 0.4) is 0 Å². The van der Waals surface area contributed by atoms with E-state index in [2.05, 4.69) is 23.8 Å². The van der Waals surface area contributed by atoms with Crippen LogP contribution in [-0.2, 0) is 9.84 Å². The van der Waals surface area contributed by atoms with Crippen molar-refractivity contribution in [2.75, 3.05) is 35.7 Å². The molecule has 29 heavy (non-hydrogen) atoms. The number of nitrogens with zero attached hydrogens (tertiary/aromatic N) is 4. The molecule has 1 saturated heterocycles. The standard InChI is InChI=1S/C19H23FN4O4S/c1-12(2)16-11-23(14-4-5-15(20)17(8-14)29(3,27)28)6-7-24(16)19-21-9-13(10-22-19)18(25)26/h4-5,8-10,12,16H,6-7,11H2,1-3H3,(H,25,26). The summed E-state index contributed by atoms with van der Waals surface area (Å²) in [6.07, 6.45) is 3.56. The lowest BCUT2D eigenvalue weighted by atomic mass is 9.99. The summed E-state index contributed by atoms with van der Waals surface area (Å²) in [6, 6.07) is 4.13. The fourth-order valence-corrected chi connectivity index (χ4v) is 4.17. The largest absolute Gasteiger partial charge is 0.478 e. The van der Waals surface area contributed by atoms with Gasteiger partial charge < -0.3 is 14.9 Å². The number of aromatic carboxylic acids is 1. The van der Waals surface area contributed by atoms with E-state index >= 15 is 0 Å². The topological polar surface area (TPSA) is 104 Å². The predicted octanol–water partition coefficient (Wildman–Crippen LogP) is 2.07. The lowest BCUT2D eigenvalue weighted by Crippen LogP contribution is -2.56. The molecular formula is C19H23FN4O4S. The zero-order chi connectivity index (χ0) is 21.3. The minimum absolute atomic E-state index is 0.00571. The van der Waals surface area contributed by atoms with Gasteiger partial charge in [-0.2, -0.15) is 0 Å². The Labute approximate surface area is 168 Å². The molecule has 1 unspecified atom stereocenters. The van der Waals surface area contributed by atoms with Crippen molar-refractivity contribution in [1.29, 1.82) is 0 Å². The minimum Gasteiger partial charge on any atom is -0.478 e. The average Bonchev–Trinajstić information content (AvgIpc) is 2.67. The number of rotatable bonds is 5. The normalized spacial score (nSPS) is 17.6. The Kier molecular flexibility index (Phi) is 5.74. The van der Waals surface area contributed by atoms with Crippen molar-refractivity contribution in [3.8, 4) is 0 Å². The highest BCUT2D eigenvalue weighted by Gasteiger charge is 2.31. The van der Waals surface area contributed by atoms with E-state index in [1.165, 1.54) is 24.5 Å². The number of hydrogen-bond donors (Lipinski definition) is 1. The van der Waals surface area contributed by atoms with Crippen molar-refractivity contribution in [2.45, 2.75) is 24.8 Å². The Morgan fingerprint density at radius 1 is 1.24 bits per heavy atom. The first-order valence-corrected chi connectivity index (χ1v) is 11.0. The lowest BCUT2D eigenvalue weighted by Gasteiger charge is -2.44. The van der Waals surface area contributed by atoms with Crippen LogP contribution in [0.2, 0.25) is 0 Å². The summed E-state index contributed by atoms with van der Waals surface area (Å²) in [6.45, 7) is 5.79. The third-order valence-electron chi connectivity index (χ3n) is 5.01. The van der Waals surface area contributed by atoms with Gasteiger partial charge in [-0.05, 0) is 24.1 Å². The number of aromatic nitrogens is 2. The van der Waals surface area contributed by atoms with Crippen LogP contribution in [0, 0.1) is 11.7 Å². The molecule has 1 fully saturated rings. The number of carbonyl (C=O) groups is 1. The lowest BCUT2D eigenvalue weighted by molar-refractivity contribution is 0.0696.